The number of carbonyl (C=O) groups is 1. The Morgan fingerprint density at radius 1 is 1.35 bits per heavy atom. The fraction of sp³-hybridized carbons (Fsp3) is 0.583. The van der Waals surface area contributed by atoms with E-state index in [-0.39, 0.29) is 11.8 Å². The topological polar surface area (TPSA) is 41.1 Å². The third-order valence-electron chi connectivity index (χ3n) is 2.42. The van der Waals surface area contributed by atoms with Crippen molar-refractivity contribution in [3.05, 3.63) is 20.8 Å². The number of halogens is 1. The first-order valence-corrected chi connectivity index (χ1v) is 7.38. The maximum atomic E-state index is 11.3. The summed E-state index contributed by atoms with van der Waals surface area (Å²) < 4.78 is 1.15. The number of hydrogen-bond donors (Lipinski definition) is 2. The van der Waals surface area contributed by atoms with Crippen LogP contribution in [0.15, 0.2) is 15.9 Å². The van der Waals surface area contributed by atoms with Crippen LogP contribution < -0.4 is 10.6 Å². The molecule has 0 saturated carbocycles. The Kier molecular flexibility index (Phi) is 6.16. The van der Waals surface area contributed by atoms with E-state index >= 15 is 0 Å². The van der Waals surface area contributed by atoms with Crippen molar-refractivity contribution in [1.82, 2.24) is 10.6 Å². The van der Waals surface area contributed by atoms with E-state index in [1.54, 1.807) is 11.3 Å². The maximum Gasteiger partial charge on any atom is 0.222 e. The number of hydrogen-bond acceptors (Lipinski definition) is 3. The van der Waals surface area contributed by atoms with E-state index in [1.165, 1.54) is 4.88 Å². The van der Waals surface area contributed by atoms with Gasteiger partial charge in [-0.2, -0.15) is 0 Å². The molecule has 0 aliphatic heterocycles. The molecule has 1 amide bonds. The predicted molar refractivity (Wildman–Crippen MR) is 76.3 cm³/mol. The second-order valence-corrected chi connectivity index (χ2v) is 6.76. The van der Waals surface area contributed by atoms with Crippen LogP contribution in [-0.4, -0.2) is 19.0 Å². The number of rotatable bonds is 6. The van der Waals surface area contributed by atoms with Crippen molar-refractivity contribution >= 4 is 33.2 Å². The van der Waals surface area contributed by atoms with Crippen molar-refractivity contribution in [2.24, 2.45) is 5.92 Å². The smallest absolute Gasteiger partial charge is 0.222 e. The summed E-state index contributed by atoms with van der Waals surface area (Å²) in [5.41, 5.74) is 0. The lowest BCUT2D eigenvalue weighted by Crippen LogP contribution is -2.34. The largest absolute Gasteiger partial charge is 0.355 e. The molecule has 0 fully saturated rings. The highest BCUT2D eigenvalue weighted by molar-refractivity contribution is 9.11. The Morgan fingerprint density at radius 3 is 2.59 bits per heavy atom. The summed E-state index contributed by atoms with van der Waals surface area (Å²) in [6, 6.07) is 4.49. The fourth-order valence-electron chi connectivity index (χ4n) is 1.34. The lowest BCUT2D eigenvalue weighted by molar-refractivity contribution is -0.123. The highest BCUT2D eigenvalue weighted by Crippen LogP contribution is 2.26. The number of nitrogens with one attached hydrogen (secondary N) is 2. The molecule has 1 aromatic heterocycles. The molecule has 0 bridgehead atoms. The third kappa shape index (κ3) is 5.19. The van der Waals surface area contributed by atoms with Crippen LogP contribution in [-0.2, 0) is 4.79 Å². The van der Waals surface area contributed by atoms with E-state index in [0.717, 1.165) is 10.3 Å². The zero-order chi connectivity index (χ0) is 12.8. The van der Waals surface area contributed by atoms with Gasteiger partial charge in [-0.15, -0.1) is 11.3 Å². The summed E-state index contributed by atoms with van der Waals surface area (Å²) in [5.74, 6) is 0.166. The van der Waals surface area contributed by atoms with Crippen molar-refractivity contribution < 1.29 is 4.79 Å². The summed E-state index contributed by atoms with van der Waals surface area (Å²) in [6.07, 6.45) is 0. The Hall–Kier alpha value is -0.390. The predicted octanol–water partition coefficient (Wildman–Crippen LogP) is 2.93. The molecule has 3 nitrogen and oxygen atoms in total. The highest BCUT2D eigenvalue weighted by atomic mass is 79.9. The molecule has 0 spiro atoms. The van der Waals surface area contributed by atoms with Gasteiger partial charge in [0.25, 0.3) is 0 Å². The Morgan fingerprint density at radius 2 is 2.06 bits per heavy atom. The molecule has 0 aliphatic rings. The minimum atomic E-state index is 0.0562. The van der Waals surface area contributed by atoms with Gasteiger partial charge in [0.2, 0.25) is 5.91 Å². The van der Waals surface area contributed by atoms with Gasteiger partial charge in [0, 0.05) is 29.9 Å². The normalized spacial score (nSPS) is 12.8. The Labute approximate surface area is 115 Å². The Bertz CT molecular complexity index is 365. The number of amides is 1. The average molecular weight is 319 g/mol. The molecule has 0 radical (unpaired) electrons. The van der Waals surface area contributed by atoms with E-state index in [0.29, 0.717) is 12.6 Å². The second kappa shape index (κ2) is 7.13. The van der Waals surface area contributed by atoms with E-state index in [4.69, 9.17) is 0 Å². The van der Waals surface area contributed by atoms with E-state index in [9.17, 15) is 4.79 Å². The van der Waals surface area contributed by atoms with Gasteiger partial charge in [-0.3, -0.25) is 4.79 Å². The molecule has 1 unspecified atom stereocenters. The van der Waals surface area contributed by atoms with Gasteiger partial charge in [-0.25, -0.2) is 0 Å². The van der Waals surface area contributed by atoms with Crippen LogP contribution in [0, 0.1) is 5.92 Å². The van der Waals surface area contributed by atoms with Crippen LogP contribution in [0.25, 0.3) is 0 Å². The molecule has 1 aromatic rings. The summed E-state index contributed by atoms with van der Waals surface area (Å²) in [4.78, 5) is 12.6. The van der Waals surface area contributed by atoms with Gasteiger partial charge in [0.15, 0.2) is 0 Å². The zero-order valence-electron chi connectivity index (χ0n) is 10.4. The highest BCUT2D eigenvalue weighted by Gasteiger charge is 2.08. The van der Waals surface area contributed by atoms with Gasteiger partial charge < -0.3 is 10.6 Å². The minimum Gasteiger partial charge on any atom is -0.355 e. The van der Waals surface area contributed by atoms with Crippen LogP contribution in [0.5, 0.6) is 0 Å². The lowest BCUT2D eigenvalue weighted by Gasteiger charge is -2.13. The van der Waals surface area contributed by atoms with Gasteiger partial charge in [-0.05, 0) is 35.0 Å². The van der Waals surface area contributed by atoms with Crippen LogP contribution in [0.3, 0.4) is 0 Å². The maximum absolute atomic E-state index is 11.3. The van der Waals surface area contributed by atoms with Crippen LogP contribution >= 0.6 is 27.3 Å². The molecule has 1 heterocycles. The van der Waals surface area contributed by atoms with Crippen molar-refractivity contribution in [3.63, 3.8) is 0 Å². The zero-order valence-corrected chi connectivity index (χ0v) is 12.8. The van der Waals surface area contributed by atoms with Crippen molar-refractivity contribution in [2.45, 2.75) is 26.8 Å². The van der Waals surface area contributed by atoms with Crippen LogP contribution in [0.1, 0.15) is 31.7 Å². The lowest BCUT2D eigenvalue weighted by atomic mass is 10.2. The van der Waals surface area contributed by atoms with Gasteiger partial charge in [0.05, 0.1) is 3.79 Å². The first-order valence-electron chi connectivity index (χ1n) is 5.77. The van der Waals surface area contributed by atoms with Crippen molar-refractivity contribution in [3.8, 4) is 0 Å². The molecular weight excluding hydrogens is 300 g/mol. The molecule has 0 aromatic carbocycles. The van der Waals surface area contributed by atoms with E-state index in [2.05, 4.69) is 45.6 Å². The molecular formula is C12H19BrN2OS. The minimum absolute atomic E-state index is 0.0562. The first-order chi connectivity index (χ1) is 8.00. The van der Waals surface area contributed by atoms with Gasteiger partial charge in [0.1, 0.15) is 0 Å². The van der Waals surface area contributed by atoms with Gasteiger partial charge >= 0.3 is 0 Å². The average Bonchev–Trinajstić information content (AvgIpc) is 2.70. The van der Waals surface area contributed by atoms with E-state index < -0.39 is 0 Å². The molecule has 0 aliphatic carbocycles. The van der Waals surface area contributed by atoms with Gasteiger partial charge in [-0.1, -0.05) is 13.8 Å². The second-order valence-electron chi connectivity index (χ2n) is 4.26. The summed E-state index contributed by atoms with van der Waals surface area (Å²) in [5, 5.41) is 6.27. The number of carbonyl (C=O) groups excluding carboxylic acids is 1. The molecule has 1 rings (SSSR count). The monoisotopic (exact) mass is 318 g/mol. The summed E-state index contributed by atoms with van der Waals surface area (Å²) in [7, 11) is 0. The van der Waals surface area contributed by atoms with Crippen LogP contribution in [0.4, 0.5) is 0 Å². The van der Waals surface area contributed by atoms with Crippen molar-refractivity contribution in [1.29, 1.82) is 0 Å². The van der Waals surface area contributed by atoms with E-state index in [1.807, 2.05) is 13.8 Å². The molecule has 2 N–H and O–H groups in total. The quantitative estimate of drug-likeness (QED) is 0.792. The third-order valence-corrected chi connectivity index (χ3v) is 4.23. The Balaban J connectivity index is 2.21. The summed E-state index contributed by atoms with van der Waals surface area (Å²) >= 11 is 5.18. The molecule has 0 saturated heterocycles. The van der Waals surface area contributed by atoms with Crippen LogP contribution in [0.2, 0.25) is 0 Å². The molecule has 1 atom stereocenters. The summed E-state index contributed by atoms with van der Waals surface area (Å²) in [6.45, 7) is 7.38. The SMILES string of the molecule is CC(C)C(=O)NCCNC(C)c1ccc(Br)s1. The molecule has 96 valence electrons. The standard InChI is InChI=1S/C12H19BrN2OS/c1-8(2)12(16)15-7-6-14-9(3)10-4-5-11(13)17-10/h4-5,8-9,14H,6-7H2,1-3H3,(H,15,16). The molecule has 17 heavy (non-hydrogen) atoms. The van der Waals surface area contributed by atoms with Crippen molar-refractivity contribution in [2.75, 3.05) is 13.1 Å². The fourth-order valence-corrected chi connectivity index (χ4v) is 2.79. The number of thiophene rings is 1. The first kappa shape index (κ1) is 14.7. The molecule has 5 heteroatoms.